The molecule has 4 heteroatoms. The van der Waals surface area contributed by atoms with Gasteiger partial charge in [-0.15, -0.1) is 0 Å². The zero-order valence-electron chi connectivity index (χ0n) is 9.58. The maximum absolute atomic E-state index is 5.43. The number of amidine groups is 1. The maximum Gasteiger partial charge on any atom is 0.157 e. The first-order valence-corrected chi connectivity index (χ1v) is 6.71. The summed E-state index contributed by atoms with van der Waals surface area (Å²) in [5.41, 5.74) is 0.208. The third-order valence-electron chi connectivity index (χ3n) is 2.85. The van der Waals surface area contributed by atoms with E-state index in [1.807, 2.05) is 11.8 Å². The summed E-state index contributed by atoms with van der Waals surface area (Å²) in [7, 11) is 0. The Kier molecular flexibility index (Phi) is 3.57. The van der Waals surface area contributed by atoms with E-state index in [2.05, 4.69) is 19.2 Å². The number of aliphatic imine (C=N–C) groups is 1. The van der Waals surface area contributed by atoms with Crippen molar-refractivity contribution in [1.29, 1.82) is 0 Å². The lowest BCUT2D eigenvalue weighted by Gasteiger charge is -2.33. The van der Waals surface area contributed by atoms with Crippen molar-refractivity contribution in [2.45, 2.75) is 44.7 Å². The molecule has 3 nitrogen and oxygen atoms in total. The van der Waals surface area contributed by atoms with Crippen LogP contribution in [0.15, 0.2) is 4.99 Å². The monoisotopic (exact) mass is 228 g/mol. The van der Waals surface area contributed by atoms with E-state index in [-0.39, 0.29) is 5.54 Å². The standard InChI is InChI=1S/C11H20N2OS/c1-11(2)5-7-15-10(13-11)12-9-4-3-6-14-8-9/h9H,3-8H2,1-2H3,(H,12,13). The number of thioether (sulfide) groups is 1. The van der Waals surface area contributed by atoms with Gasteiger partial charge in [-0.05, 0) is 33.1 Å². The number of nitrogens with zero attached hydrogens (tertiary/aromatic N) is 1. The largest absolute Gasteiger partial charge is 0.379 e. The molecule has 15 heavy (non-hydrogen) atoms. The van der Waals surface area contributed by atoms with E-state index in [0.717, 1.165) is 24.8 Å². The number of rotatable bonds is 1. The third kappa shape index (κ3) is 3.38. The number of hydrogen-bond acceptors (Lipinski definition) is 3. The van der Waals surface area contributed by atoms with Crippen molar-refractivity contribution in [2.24, 2.45) is 4.99 Å². The molecule has 1 N–H and O–H groups in total. The van der Waals surface area contributed by atoms with Crippen molar-refractivity contribution < 1.29 is 4.74 Å². The number of hydrogen-bond donors (Lipinski definition) is 1. The molecule has 0 bridgehead atoms. The zero-order valence-corrected chi connectivity index (χ0v) is 10.4. The lowest BCUT2D eigenvalue weighted by Crippen LogP contribution is -2.46. The maximum atomic E-state index is 5.43. The molecule has 86 valence electrons. The normalized spacial score (nSPS) is 33.7. The summed E-state index contributed by atoms with van der Waals surface area (Å²) in [6.07, 6.45) is 3.53. The molecule has 0 aromatic heterocycles. The van der Waals surface area contributed by atoms with Crippen LogP contribution in [0.5, 0.6) is 0 Å². The van der Waals surface area contributed by atoms with Gasteiger partial charge < -0.3 is 10.1 Å². The van der Waals surface area contributed by atoms with Gasteiger partial charge in [0.1, 0.15) is 0 Å². The smallest absolute Gasteiger partial charge is 0.157 e. The van der Waals surface area contributed by atoms with E-state index >= 15 is 0 Å². The lowest BCUT2D eigenvalue weighted by atomic mass is 10.0. The van der Waals surface area contributed by atoms with Gasteiger partial charge in [-0.1, -0.05) is 11.8 Å². The van der Waals surface area contributed by atoms with Crippen LogP contribution in [0, 0.1) is 0 Å². The van der Waals surface area contributed by atoms with Crippen LogP contribution in [0.4, 0.5) is 0 Å². The highest BCUT2D eigenvalue weighted by atomic mass is 32.2. The lowest BCUT2D eigenvalue weighted by molar-refractivity contribution is 0.0828. The molecule has 0 amide bonds. The minimum absolute atomic E-state index is 0.208. The van der Waals surface area contributed by atoms with Gasteiger partial charge in [-0.25, -0.2) is 0 Å². The van der Waals surface area contributed by atoms with Gasteiger partial charge in [0.05, 0.1) is 12.6 Å². The predicted octanol–water partition coefficient (Wildman–Crippen LogP) is 2.03. The molecule has 2 heterocycles. The minimum Gasteiger partial charge on any atom is -0.379 e. The zero-order chi connectivity index (χ0) is 10.7. The first kappa shape index (κ1) is 11.3. The molecule has 0 saturated carbocycles. The van der Waals surface area contributed by atoms with Gasteiger partial charge in [0.2, 0.25) is 0 Å². The van der Waals surface area contributed by atoms with Crippen LogP contribution in [0.2, 0.25) is 0 Å². The van der Waals surface area contributed by atoms with Gasteiger partial charge in [-0.3, -0.25) is 4.99 Å². The highest BCUT2D eigenvalue weighted by Gasteiger charge is 2.25. The molecule has 2 aliphatic rings. The van der Waals surface area contributed by atoms with Gasteiger partial charge in [-0.2, -0.15) is 0 Å². The fourth-order valence-electron chi connectivity index (χ4n) is 1.85. The average molecular weight is 228 g/mol. The summed E-state index contributed by atoms with van der Waals surface area (Å²) in [5.74, 6) is 1.17. The van der Waals surface area contributed by atoms with Crippen LogP contribution in [0.1, 0.15) is 33.1 Å². The van der Waals surface area contributed by atoms with Crippen molar-refractivity contribution in [3.8, 4) is 0 Å². The quantitative estimate of drug-likeness (QED) is 0.745. The van der Waals surface area contributed by atoms with Crippen molar-refractivity contribution >= 4 is 16.9 Å². The Labute approximate surface area is 96.1 Å². The first-order chi connectivity index (χ1) is 7.16. The van der Waals surface area contributed by atoms with Crippen LogP contribution in [0.3, 0.4) is 0 Å². The molecule has 2 fully saturated rings. The second kappa shape index (κ2) is 4.74. The van der Waals surface area contributed by atoms with E-state index in [0.29, 0.717) is 6.04 Å². The second-order valence-corrected chi connectivity index (χ2v) is 6.00. The molecule has 0 radical (unpaired) electrons. The van der Waals surface area contributed by atoms with Crippen LogP contribution in [-0.4, -0.2) is 35.7 Å². The van der Waals surface area contributed by atoms with E-state index < -0.39 is 0 Å². The van der Waals surface area contributed by atoms with E-state index in [1.165, 1.54) is 18.6 Å². The molecule has 2 aliphatic heterocycles. The summed E-state index contributed by atoms with van der Waals surface area (Å²) in [4.78, 5) is 4.73. The molecule has 2 rings (SSSR count). The summed E-state index contributed by atoms with van der Waals surface area (Å²) < 4.78 is 5.43. The van der Waals surface area contributed by atoms with Crippen LogP contribution in [0.25, 0.3) is 0 Å². The highest BCUT2D eigenvalue weighted by Crippen LogP contribution is 2.22. The molecule has 0 aromatic rings. The van der Waals surface area contributed by atoms with Gasteiger partial charge in [0.15, 0.2) is 5.17 Å². The predicted molar refractivity (Wildman–Crippen MR) is 65.6 cm³/mol. The first-order valence-electron chi connectivity index (χ1n) is 5.72. The van der Waals surface area contributed by atoms with E-state index in [4.69, 9.17) is 9.73 Å². The highest BCUT2D eigenvalue weighted by molar-refractivity contribution is 8.13. The Morgan fingerprint density at radius 2 is 2.40 bits per heavy atom. The van der Waals surface area contributed by atoms with Crippen LogP contribution < -0.4 is 5.32 Å². The van der Waals surface area contributed by atoms with Gasteiger partial charge >= 0.3 is 0 Å². The number of ether oxygens (including phenoxy) is 1. The molecule has 0 aromatic carbocycles. The van der Waals surface area contributed by atoms with Crippen molar-refractivity contribution in [3.05, 3.63) is 0 Å². The Morgan fingerprint density at radius 1 is 1.53 bits per heavy atom. The SMILES string of the molecule is CC1(C)CCSC(=NC2CCCOC2)N1. The minimum atomic E-state index is 0.208. The van der Waals surface area contributed by atoms with Crippen molar-refractivity contribution in [2.75, 3.05) is 19.0 Å². The Hall–Kier alpha value is -0.220. The van der Waals surface area contributed by atoms with Gasteiger partial charge in [0, 0.05) is 17.9 Å². The summed E-state index contributed by atoms with van der Waals surface area (Å²) in [5, 5.41) is 4.61. The fraction of sp³-hybridized carbons (Fsp3) is 0.909. The van der Waals surface area contributed by atoms with Crippen molar-refractivity contribution in [3.63, 3.8) is 0 Å². The fourth-order valence-corrected chi connectivity index (χ4v) is 3.23. The molecular formula is C11H20N2OS. The third-order valence-corrected chi connectivity index (χ3v) is 3.74. The second-order valence-electron chi connectivity index (χ2n) is 4.91. The average Bonchev–Trinajstić information content (AvgIpc) is 2.17. The van der Waals surface area contributed by atoms with Crippen molar-refractivity contribution in [1.82, 2.24) is 5.32 Å². The molecule has 1 unspecified atom stereocenters. The van der Waals surface area contributed by atoms with Gasteiger partial charge in [0.25, 0.3) is 0 Å². The van der Waals surface area contributed by atoms with E-state index in [9.17, 15) is 0 Å². The molecule has 2 saturated heterocycles. The summed E-state index contributed by atoms with van der Waals surface area (Å²) in [6.45, 7) is 6.18. The Morgan fingerprint density at radius 3 is 3.07 bits per heavy atom. The number of nitrogens with one attached hydrogen (secondary N) is 1. The topological polar surface area (TPSA) is 33.6 Å². The summed E-state index contributed by atoms with van der Waals surface area (Å²) >= 11 is 1.84. The Balaban J connectivity index is 1.93. The Bertz CT molecular complexity index is 247. The van der Waals surface area contributed by atoms with Crippen LogP contribution >= 0.6 is 11.8 Å². The molecule has 0 aliphatic carbocycles. The molecule has 0 spiro atoms. The molecule has 1 atom stereocenters. The molecular weight excluding hydrogens is 208 g/mol. The van der Waals surface area contributed by atoms with E-state index in [1.54, 1.807) is 0 Å². The van der Waals surface area contributed by atoms with Crippen LogP contribution in [-0.2, 0) is 4.74 Å². The summed E-state index contributed by atoms with van der Waals surface area (Å²) in [6, 6.07) is 0.377.